The van der Waals surface area contributed by atoms with Crippen molar-refractivity contribution in [2.45, 2.75) is 13.5 Å². The number of rotatable bonds is 9. The average Bonchev–Trinajstić information content (AvgIpc) is 2.98. The first-order valence-corrected chi connectivity index (χ1v) is 6.94. The summed E-state index contributed by atoms with van der Waals surface area (Å²) < 4.78 is 16.7. The quantitative estimate of drug-likeness (QED) is 0.364. The number of furan rings is 1. The van der Waals surface area contributed by atoms with E-state index in [1.54, 1.807) is 25.2 Å². The third-order valence-corrected chi connectivity index (χ3v) is 3.05. The van der Waals surface area contributed by atoms with Gasteiger partial charge in [-0.05, 0) is 31.2 Å². The second kappa shape index (κ2) is 8.06. The predicted octanol–water partition coefficient (Wildman–Crippen LogP) is 1.28. The van der Waals surface area contributed by atoms with Crippen LogP contribution in [0.25, 0.3) is 0 Å². The number of amides is 1. The fraction of sp³-hybridized carbons (Fsp3) is 0.267. The lowest BCUT2D eigenvalue weighted by Gasteiger charge is -2.24. The van der Waals surface area contributed by atoms with Gasteiger partial charge in [0.05, 0.1) is 12.8 Å². The van der Waals surface area contributed by atoms with E-state index in [-0.39, 0.29) is 6.61 Å². The highest BCUT2D eigenvalue weighted by atomic mass is 16.5. The molecule has 0 saturated carbocycles. The van der Waals surface area contributed by atoms with E-state index in [9.17, 15) is 4.79 Å². The van der Waals surface area contributed by atoms with Crippen molar-refractivity contribution in [3.63, 3.8) is 0 Å². The van der Waals surface area contributed by atoms with Gasteiger partial charge in [0.25, 0.3) is 0 Å². The van der Waals surface area contributed by atoms with E-state index in [1.165, 1.54) is 0 Å². The van der Waals surface area contributed by atoms with Gasteiger partial charge in [-0.25, -0.2) is 0 Å². The van der Waals surface area contributed by atoms with Crippen LogP contribution in [0.5, 0.6) is 11.5 Å². The maximum absolute atomic E-state index is 10.3. The molecule has 0 radical (unpaired) electrons. The van der Waals surface area contributed by atoms with Gasteiger partial charge in [0.1, 0.15) is 18.1 Å². The minimum atomic E-state index is 0.273. The van der Waals surface area contributed by atoms with Crippen LogP contribution in [0.15, 0.2) is 34.7 Å². The Morgan fingerprint density at radius 2 is 2.13 bits per heavy atom. The van der Waals surface area contributed by atoms with Crippen LogP contribution in [0.4, 0.5) is 5.69 Å². The Balaban J connectivity index is 2.15. The van der Waals surface area contributed by atoms with Crippen LogP contribution in [0.2, 0.25) is 0 Å². The number of hydrogen-bond acceptors (Lipinski definition) is 7. The van der Waals surface area contributed by atoms with Gasteiger partial charge in [-0.15, -0.1) is 0 Å². The number of nitrogens with zero attached hydrogens (tertiary/aromatic N) is 1. The summed E-state index contributed by atoms with van der Waals surface area (Å²) in [7, 11) is 3.33. The number of hydrogen-bond donors (Lipinski definition) is 3. The SMILES string of the molecule is COc1cccc(N(C)NNNC=O)c1OCc1ccc(C)o1. The van der Waals surface area contributed by atoms with E-state index in [0.29, 0.717) is 23.6 Å². The Hall–Kier alpha value is -2.71. The molecule has 1 aromatic carbocycles. The molecular weight excluding hydrogens is 300 g/mol. The molecule has 1 aromatic heterocycles. The highest BCUT2D eigenvalue weighted by Gasteiger charge is 2.15. The molecule has 0 unspecified atom stereocenters. The van der Waals surface area contributed by atoms with Crippen LogP contribution in [0.3, 0.4) is 0 Å². The molecule has 3 N–H and O–H groups in total. The normalized spacial score (nSPS) is 10.2. The lowest BCUT2D eigenvalue weighted by atomic mass is 10.2. The van der Waals surface area contributed by atoms with Crippen molar-refractivity contribution in [1.29, 1.82) is 0 Å². The zero-order valence-corrected chi connectivity index (χ0v) is 13.3. The number of carbonyl (C=O) groups is 1. The fourth-order valence-corrected chi connectivity index (χ4v) is 1.99. The summed E-state index contributed by atoms with van der Waals surface area (Å²) in [4.78, 5) is 10.3. The molecular formula is C15H20N4O4. The number of nitrogens with one attached hydrogen (secondary N) is 3. The Bertz CT molecular complexity index is 644. The van der Waals surface area contributed by atoms with Crippen LogP contribution in [0.1, 0.15) is 11.5 Å². The molecule has 1 amide bonds. The van der Waals surface area contributed by atoms with E-state index < -0.39 is 0 Å². The molecule has 0 bridgehead atoms. The predicted molar refractivity (Wildman–Crippen MR) is 84.6 cm³/mol. The molecule has 0 fully saturated rings. The van der Waals surface area contributed by atoms with Crippen LogP contribution >= 0.6 is 0 Å². The summed E-state index contributed by atoms with van der Waals surface area (Å²) >= 11 is 0. The van der Waals surface area contributed by atoms with Crippen molar-refractivity contribution in [3.05, 3.63) is 41.9 Å². The van der Waals surface area contributed by atoms with Gasteiger partial charge in [-0.2, -0.15) is 11.1 Å². The number of aryl methyl sites for hydroxylation is 1. The third kappa shape index (κ3) is 4.38. The van der Waals surface area contributed by atoms with Crippen LogP contribution in [0, 0.1) is 6.92 Å². The third-order valence-electron chi connectivity index (χ3n) is 3.05. The van der Waals surface area contributed by atoms with E-state index in [1.807, 2.05) is 31.2 Å². The first-order chi connectivity index (χ1) is 11.2. The molecule has 0 aliphatic heterocycles. The van der Waals surface area contributed by atoms with Gasteiger partial charge in [0.15, 0.2) is 11.5 Å². The molecule has 124 valence electrons. The number of anilines is 1. The number of carbonyl (C=O) groups excluding carboxylic acids is 1. The van der Waals surface area contributed by atoms with Crippen LogP contribution in [-0.4, -0.2) is 20.6 Å². The van der Waals surface area contributed by atoms with Crippen molar-refractivity contribution in [3.8, 4) is 11.5 Å². The largest absolute Gasteiger partial charge is 0.493 e. The number of hydrazine groups is 3. The van der Waals surface area contributed by atoms with Crippen LogP contribution < -0.4 is 31.0 Å². The zero-order chi connectivity index (χ0) is 16.7. The van der Waals surface area contributed by atoms with Crippen LogP contribution in [-0.2, 0) is 11.4 Å². The van der Waals surface area contributed by atoms with E-state index in [0.717, 1.165) is 11.5 Å². The number of benzene rings is 1. The molecule has 2 aromatic rings. The lowest BCUT2D eigenvalue weighted by molar-refractivity contribution is -0.110. The monoisotopic (exact) mass is 320 g/mol. The molecule has 8 heteroatoms. The Labute approximate surface area is 134 Å². The summed E-state index contributed by atoms with van der Waals surface area (Å²) in [5.41, 5.74) is 8.30. The summed E-state index contributed by atoms with van der Waals surface area (Å²) in [5, 5.41) is 1.64. The van der Waals surface area contributed by atoms with Crippen molar-refractivity contribution < 1.29 is 18.7 Å². The van der Waals surface area contributed by atoms with Crippen molar-refractivity contribution in [2.24, 2.45) is 0 Å². The van der Waals surface area contributed by atoms with Gasteiger partial charge in [-0.1, -0.05) is 6.07 Å². The lowest BCUT2D eigenvalue weighted by Crippen LogP contribution is -2.51. The summed E-state index contributed by atoms with van der Waals surface area (Å²) in [6.07, 6.45) is 0.517. The Morgan fingerprint density at radius 3 is 2.78 bits per heavy atom. The molecule has 2 rings (SSSR count). The van der Waals surface area contributed by atoms with Gasteiger partial charge in [0.2, 0.25) is 6.41 Å². The van der Waals surface area contributed by atoms with Gasteiger partial charge in [0, 0.05) is 7.05 Å². The van der Waals surface area contributed by atoms with Crippen molar-refractivity contribution >= 4 is 12.1 Å². The van der Waals surface area contributed by atoms with E-state index in [4.69, 9.17) is 13.9 Å². The first-order valence-electron chi connectivity index (χ1n) is 6.94. The Morgan fingerprint density at radius 1 is 1.30 bits per heavy atom. The smallest absolute Gasteiger partial charge is 0.222 e. The molecule has 8 nitrogen and oxygen atoms in total. The van der Waals surface area contributed by atoms with Crippen molar-refractivity contribution in [2.75, 3.05) is 19.2 Å². The number of para-hydroxylation sites is 1. The topological polar surface area (TPSA) is 88.0 Å². The number of methoxy groups -OCH3 is 1. The average molecular weight is 320 g/mol. The first kappa shape index (κ1) is 16.7. The molecule has 0 spiro atoms. The maximum atomic E-state index is 10.3. The fourth-order valence-electron chi connectivity index (χ4n) is 1.99. The number of ether oxygens (including phenoxy) is 2. The van der Waals surface area contributed by atoms with E-state index in [2.05, 4.69) is 16.5 Å². The zero-order valence-electron chi connectivity index (χ0n) is 13.3. The molecule has 23 heavy (non-hydrogen) atoms. The molecule has 0 saturated heterocycles. The van der Waals surface area contributed by atoms with Gasteiger partial charge in [-0.3, -0.25) is 15.2 Å². The second-order valence-corrected chi connectivity index (χ2v) is 4.67. The molecule has 0 aliphatic carbocycles. The van der Waals surface area contributed by atoms with Crippen molar-refractivity contribution in [1.82, 2.24) is 16.5 Å². The highest BCUT2D eigenvalue weighted by Crippen LogP contribution is 2.37. The van der Waals surface area contributed by atoms with Gasteiger partial charge < -0.3 is 13.9 Å². The Kier molecular flexibility index (Phi) is 5.84. The minimum absolute atomic E-state index is 0.273. The molecule has 1 heterocycles. The minimum Gasteiger partial charge on any atom is -0.493 e. The molecule has 0 atom stereocenters. The summed E-state index contributed by atoms with van der Waals surface area (Å²) in [6, 6.07) is 9.23. The summed E-state index contributed by atoms with van der Waals surface area (Å²) in [6.45, 7) is 2.15. The highest BCUT2D eigenvalue weighted by molar-refractivity contribution is 5.63. The van der Waals surface area contributed by atoms with E-state index >= 15 is 0 Å². The molecule has 0 aliphatic rings. The standard InChI is InChI=1S/C15H20N4O4/c1-11-7-8-12(23-11)9-22-15-13(5-4-6-14(15)21-3)19(2)18-17-16-10-20/h4-8,10,17-18H,9H2,1-3H3,(H,16,20). The maximum Gasteiger partial charge on any atom is 0.222 e. The summed E-state index contributed by atoms with van der Waals surface area (Å²) in [5.74, 6) is 2.68. The van der Waals surface area contributed by atoms with Gasteiger partial charge >= 0.3 is 0 Å². The second-order valence-electron chi connectivity index (χ2n) is 4.67.